The molecule has 0 amide bonds. The Morgan fingerprint density at radius 1 is 1.08 bits per heavy atom. The average Bonchev–Trinajstić information content (AvgIpc) is 3.09. The lowest BCUT2D eigenvalue weighted by Crippen LogP contribution is -2.19. The molecule has 0 unspecified atom stereocenters. The zero-order valence-electron chi connectivity index (χ0n) is 13.3. The number of Topliss-reactive ketones (excluding diaryl/α,β-unsaturated/α-hetero) is 1. The number of esters is 1. The maximum atomic E-state index is 12.8. The van der Waals surface area contributed by atoms with Crippen LogP contribution < -0.4 is 0 Å². The summed E-state index contributed by atoms with van der Waals surface area (Å²) in [6.07, 6.45) is 0. The van der Waals surface area contributed by atoms with Crippen molar-refractivity contribution < 1.29 is 18.7 Å². The molecule has 0 atom stereocenters. The molecule has 9 heteroatoms. The van der Waals surface area contributed by atoms with Crippen LogP contribution >= 0.6 is 11.6 Å². The Morgan fingerprint density at radius 3 is 2.46 bits per heavy atom. The van der Waals surface area contributed by atoms with E-state index in [0.717, 1.165) is 16.9 Å². The van der Waals surface area contributed by atoms with Gasteiger partial charge < -0.3 is 4.74 Å². The lowest BCUT2D eigenvalue weighted by molar-refractivity contribution is -0.143. The number of hydrogen-bond donors (Lipinski definition) is 0. The number of rotatable bonds is 6. The van der Waals surface area contributed by atoms with Crippen LogP contribution in [0.25, 0.3) is 11.4 Å². The van der Waals surface area contributed by atoms with Crippen molar-refractivity contribution in [3.8, 4) is 11.4 Å². The van der Waals surface area contributed by atoms with E-state index in [-0.39, 0.29) is 12.1 Å². The standard InChI is InChI=1S/C17H12ClFN4O3/c18-13-5-1-12(2-6-13)17-20-22-23(21-17)9-16(25)26-10-15(24)11-3-7-14(19)8-4-11/h1-8H,9-10H2. The normalized spacial score (nSPS) is 10.5. The predicted molar refractivity (Wildman–Crippen MR) is 90.0 cm³/mol. The monoisotopic (exact) mass is 374 g/mol. The van der Waals surface area contributed by atoms with Gasteiger partial charge in [-0.3, -0.25) is 4.79 Å². The molecule has 26 heavy (non-hydrogen) atoms. The Balaban J connectivity index is 1.54. The smallest absolute Gasteiger partial charge is 0.330 e. The van der Waals surface area contributed by atoms with Crippen LogP contribution in [0.15, 0.2) is 48.5 Å². The summed E-state index contributed by atoms with van der Waals surface area (Å²) in [5.41, 5.74) is 0.948. The third kappa shape index (κ3) is 4.48. The second kappa shape index (κ2) is 7.83. The fraction of sp³-hybridized carbons (Fsp3) is 0.118. The van der Waals surface area contributed by atoms with E-state index >= 15 is 0 Å². The summed E-state index contributed by atoms with van der Waals surface area (Å²) in [6, 6.07) is 11.8. The van der Waals surface area contributed by atoms with E-state index in [0.29, 0.717) is 16.4 Å². The molecule has 1 heterocycles. The van der Waals surface area contributed by atoms with E-state index in [1.54, 1.807) is 24.3 Å². The Hall–Kier alpha value is -3.13. The maximum absolute atomic E-state index is 12.8. The lowest BCUT2D eigenvalue weighted by Gasteiger charge is -2.03. The minimum absolute atomic E-state index is 0.253. The zero-order valence-corrected chi connectivity index (χ0v) is 14.1. The molecule has 0 N–H and O–H groups in total. The fourth-order valence-corrected chi connectivity index (χ4v) is 2.18. The maximum Gasteiger partial charge on any atom is 0.330 e. The summed E-state index contributed by atoms with van der Waals surface area (Å²) in [6.45, 7) is -0.750. The van der Waals surface area contributed by atoms with Gasteiger partial charge >= 0.3 is 5.97 Å². The molecule has 0 saturated carbocycles. The lowest BCUT2D eigenvalue weighted by atomic mass is 10.1. The van der Waals surface area contributed by atoms with Crippen molar-refractivity contribution in [3.63, 3.8) is 0 Å². The highest BCUT2D eigenvalue weighted by Gasteiger charge is 2.13. The van der Waals surface area contributed by atoms with Gasteiger partial charge in [-0.15, -0.1) is 10.2 Å². The number of carbonyl (C=O) groups excluding carboxylic acids is 2. The largest absolute Gasteiger partial charge is 0.456 e. The Kier molecular flexibility index (Phi) is 5.33. The van der Waals surface area contributed by atoms with E-state index in [2.05, 4.69) is 15.4 Å². The Labute approximate surface area is 152 Å². The molecule has 0 aliphatic heterocycles. The summed E-state index contributed by atoms with van der Waals surface area (Å²) >= 11 is 5.82. The van der Waals surface area contributed by atoms with Crippen molar-refractivity contribution in [2.45, 2.75) is 6.54 Å². The molecule has 0 fully saturated rings. The number of tetrazole rings is 1. The van der Waals surface area contributed by atoms with Gasteiger partial charge in [0.15, 0.2) is 18.9 Å². The quantitative estimate of drug-likeness (QED) is 0.487. The number of ether oxygens (including phenoxy) is 1. The molecule has 0 spiro atoms. The summed E-state index contributed by atoms with van der Waals surface area (Å²) in [7, 11) is 0. The first-order valence-corrected chi connectivity index (χ1v) is 7.87. The molecular weight excluding hydrogens is 363 g/mol. The first-order valence-electron chi connectivity index (χ1n) is 7.49. The topological polar surface area (TPSA) is 87.0 Å². The minimum atomic E-state index is -0.694. The van der Waals surface area contributed by atoms with Gasteiger partial charge in [0, 0.05) is 16.1 Å². The van der Waals surface area contributed by atoms with Crippen LogP contribution in [0, 0.1) is 5.82 Å². The Bertz CT molecular complexity index is 926. The molecule has 0 radical (unpaired) electrons. The van der Waals surface area contributed by atoms with Crippen LogP contribution in [0.5, 0.6) is 0 Å². The van der Waals surface area contributed by atoms with Gasteiger partial charge in [0.2, 0.25) is 5.82 Å². The summed E-state index contributed by atoms with van der Waals surface area (Å²) in [5.74, 6) is -1.25. The third-order valence-electron chi connectivity index (χ3n) is 3.36. The van der Waals surface area contributed by atoms with Gasteiger partial charge in [0.05, 0.1) is 0 Å². The minimum Gasteiger partial charge on any atom is -0.456 e. The van der Waals surface area contributed by atoms with Crippen LogP contribution in [-0.2, 0) is 16.1 Å². The molecule has 2 aromatic carbocycles. The number of nitrogens with zero attached hydrogens (tertiary/aromatic N) is 4. The van der Waals surface area contributed by atoms with Crippen molar-refractivity contribution in [2.75, 3.05) is 6.61 Å². The molecule has 7 nitrogen and oxygen atoms in total. The van der Waals surface area contributed by atoms with Gasteiger partial charge in [-0.05, 0) is 53.7 Å². The van der Waals surface area contributed by atoms with Crippen molar-refractivity contribution >= 4 is 23.4 Å². The van der Waals surface area contributed by atoms with Crippen LogP contribution in [0.4, 0.5) is 4.39 Å². The number of carbonyl (C=O) groups is 2. The molecule has 0 saturated heterocycles. The molecular formula is C17H12ClFN4O3. The number of hydrogen-bond acceptors (Lipinski definition) is 6. The molecule has 0 bridgehead atoms. The highest BCUT2D eigenvalue weighted by atomic mass is 35.5. The molecule has 132 valence electrons. The second-order valence-corrected chi connectivity index (χ2v) is 5.68. The number of halogens is 2. The second-order valence-electron chi connectivity index (χ2n) is 5.24. The molecule has 0 aliphatic carbocycles. The number of aromatic nitrogens is 4. The van der Waals surface area contributed by atoms with Crippen LogP contribution in [0.3, 0.4) is 0 Å². The van der Waals surface area contributed by atoms with Crippen LogP contribution in [-0.4, -0.2) is 38.6 Å². The first kappa shape index (κ1) is 17.7. The van der Waals surface area contributed by atoms with E-state index < -0.39 is 24.2 Å². The summed E-state index contributed by atoms with van der Waals surface area (Å²) in [4.78, 5) is 24.7. The van der Waals surface area contributed by atoms with Gasteiger partial charge in [0.1, 0.15) is 5.82 Å². The summed E-state index contributed by atoms with van der Waals surface area (Å²) in [5, 5.41) is 12.3. The third-order valence-corrected chi connectivity index (χ3v) is 3.61. The van der Waals surface area contributed by atoms with Crippen molar-refractivity contribution in [3.05, 3.63) is 64.9 Å². The molecule has 0 aliphatic rings. The average molecular weight is 375 g/mol. The van der Waals surface area contributed by atoms with Crippen molar-refractivity contribution in [1.29, 1.82) is 0 Å². The molecule has 3 aromatic rings. The number of benzene rings is 2. The SMILES string of the molecule is O=C(Cn1nnc(-c2ccc(Cl)cc2)n1)OCC(=O)c1ccc(F)cc1. The molecule has 1 aromatic heterocycles. The van der Waals surface area contributed by atoms with Crippen LogP contribution in [0.1, 0.15) is 10.4 Å². The van der Waals surface area contributed by atoms with Gasteiger partial charge in [-0.2, -0.15) is 4.80 Å². The Morgan fingerprint density at radius 2 is 1.77 bits per heavy atom. The van der Waals surface area contributed by atoms with E-state index in [4.69, 9.17) is 16.3 Å². The van der Waals surface area contributed by atoms with Gasteiger partial charge in [0.25, 0.3) is 0 Å². The van der Waals surface area contributed by atoms with Crippen molar-refractivity contribution in [1.82, 2.24) is 20.2 Å². The highest BCUT2D eigenvalue weighted by molar-refractivity contribution is 6.30. The summed E-state index contributed by atoms with van der Waals surface area (Å²) < 4.78 is 17.7. The zero-order chi connectivity index (χ0) is 18.5. The fourth-order valence-electron chi connectivity index (χ4n) is 2.05. The van der Waals surface area contributed by atoms with Gasteiger partial charge in [-0.1, -0.05) is 11.6 Å². The molecule has 3 rings (SSSR count). The van der Waals surface area contributed by atoms with Gasteiger partial charge in [-0.25, -0.2) is 9.18 Å². The number of ketones is 1. The predicted octanol–water partition coefficient (Wildman–Crippen LogP) is 2.56. The van der Waals surface area contributed by atoms with E-state index in [9.17, 15) is 14.0 Å². The van der Waals surface area contributed by atoms with E-state index in [1.807, 2.05) is 0 Å². The van der Waals surface area contributed by atoms with E-state index in [1.165, 1.54) is 12.1 Å². The van der Waals surface area contributed by atoms with Crippen molar-refractivity contribution in [2.24, 2.45) is 0 Å². The van der Waals surface area contributed by atoms with Crippen LogP contribution in [0.2, 0.25) is 5.02 Å². The first-order chi connectivity index (χ1) is 12.5. The highest BCUT2D eigenvalue weighted by Crippen LogP contribution is 2.16.